The number of alkyl halides is 2. The first-order valence-electron chi connectivity index (χ1n) is 8.40. The van der Waals surface area contributed by atoms with E-state index in [1.54, 1.807) is 4.90 Å². The Balaban J connectivity index is 1.60. The molecule has 8 heteroatoms. The molecule has 3 rings (SSSR count). The lowest BCUT2D eigenvalue weighted by atomic mass is 9.84. The molecule has 0 aromatic carbocycles. The molecule has 132 valence electrons. The van der Waals surface area contributed by atoms with Gasteiger partial charge < -0.3 is 15.6 Å². The van der Waals surface area contributed by atoms with E-state index in [0.29, 0.717) is 44.6 Å². The van der Waals surface area contributed by atoms with Gasteiger partial charge in [0, 0.05) is 25.4 Å². The van der Waals surface area contributed by atoms with E-state index in [0.717, 1.165) is 0 Å². The topological polar surface area (TPSA) is 92.1 Å². The predicted molar refractivity (Wildman–Crippen MR) is 82.6 cm³/mol. The summed E-state index contributed by atoms with van der Waals surface area (Å²) in [6.45, 7) is 0.866. The van der Waals surface area contributed by atoms with Crippen LogP contribution in [-0.2, 0) is 4.79 Å². The molecule has 1 saturated carbocycles. The number of nitrogens with zero attached hydrogens (tertiary/aromatic N) is 2. The summed E-state index contributed by atoms with van der Waals surface area (Å²) in [6, 6.07) is 0. The normalized spacial score (nSPS) is 24.8. The molecular weight excluding hydrogens is 318 g/mol. The van der Waals surface area contributed by atoms with E-state index < -0.39 is 23.7 Å². The molecule has 1 saturated heterocycles. The standard InChI is InChI=1S/C16H22F2N4O2/c17-16(18)6-2-1-3-11(16)15(24)22-7-4-10(5-8-22)14-20-9-12(21-14)13(19)23/h9-11H,1-8H2,(H2,19,23)(H,20,21). The molecule has 1 aromatic rings. The van der Waals surface area contributed by atoms with Crippen LogP contribution in [0.5, 0.6) is 0 Å². The minimum atomic E-state index is -2.89. The van der Waals surface area contributed by atoms with Crippen molar-refractivity contribution < 1.29 is 18.4 Å². The average molecular weight is 340 g/mol. The first-order valence-corrected chi connectivity index (χ1v) is 8.40. The van der Waals surface area contributed by atoms with E-state index >= 15 is 0 Å². The summed E-state index contributed by atoms with van der Waals surface area (Å²) in [4.78, 5) is 32.2. The number of halogens is 2. The predicted octanol–water partition coefficient (Wildman–Crippen LogP) is 2.04. The van der Waals surface area contributed by atoms with Crippen LogP contribution in [0.15, 0.2) is 6.20 Å². The van der Waals surface area contributed by atoms with Crippen LogP contribution in [0.25, 0.3) is 0 Å². The van der Waals surface area contributed by atoms with Gasteiger partial charge in [-0.2, -0.15) is 0 Å². The molecule has 2 amide bonds. The second kappa shape index (κ2) is 6.49. The number of nitrogens with one attached hydrogen (secondary N) is 1. The van der Waals surface area contributed by atoms with Crippen LogP contribution < -0.4 is 5.73 Å². The Morgan fingerprint density at radius 3 is 2.54 bits per heavy atom. The first kappa shape index (κ1) is 16.9. The Morgan fingerprint density at radius 1 is 1.25 bits per heavy atom. The Kier molecular flexibility index (Phi) is 4.56. The highest BCUT2D eigenvalue weighted by Gasteiger charge is 2.47. The van der Waals surface area contributed by atoms with Crippen molar-refractivity contribution in [1.82, 2.24) is 14.9 Å². The number of primary amides is 1. The summed E-state index contributed by atoms with van der Waals surface area (Å²) in [6.07, 6.45) is 3.92. The number of aromatic nitrogens is 2. The zero-order chi connectivity index (χ0) is 17.3. The fraction of sp³-hybridized carbons (Fsp3) is 0.688. The zero-order valence-corrected chi connectivity index (χ0v) is 13.4. The van der Waals surface area contributed by atoms with Crippen molar-refractivity contribution in [2.75, 3.05) is 13.1 Å². The Bertz CT molecular complexity index is 623. The van der Waals surface area contributed by atoms with Gasteiger partial charge in [0.05, 0.1) is 6.20 Å². The molecule has 1 aliphatic carbocycles. The minimum absolute atomic E-state index is 0.0778. The van der Waals surface area contributed by atoms with Gasteiger partial charge in [0.1, 0.15) is 17.4 Å². The second-order valence-electron chi connectivity index (χ2n) is 6.71. The first-order chi connectivity index (χ1) is 11.4. The molecule has 0 spiro atoms. The van der Waals surface area contributed by atoms with Crippen molar-refractivity contribution in [3.63, 3.8) is 0 Å². The van der Waals surface area contributed by atoms with E-state index in [1.165, 1.54) is 6.20 Å². The summed E-state index contributed by atoms with van der Waals surface area (Å²) in [7, 11) is 0. The number of imidazole rings is 1. The van der Waals surface area contributed by atoms with Crippen LogP contribution in [0.4, 0.5) is 8.78 Å². The molecule has 1 unspecified atom stereocenters. The van der Waals surface area contributed by atoms with E-state index in [9.17, 15) is 18.4 Å². The third-order valence-electron chi connectivity index (χ3n) is 5.12. The van der Waals surface area contributed by atoms with E-state index in [4.69, 9.17) is 5.73 Å². The number of likely N-dealkylation sites (tertiary alicyclic amines) is 1. The monoisotopic (exact) mass is 340 g/mol. The molecule has 0 radical (unpaired) electrons. The summed E-state index contributed by atoms with van der Waals surface area (Å²) < 4.78 is 28.0. The number of piperidine rings is 1. The molecule has 2 fully saturated rings. The van der Waals surface area contributed by atoms with Gasteiger partial charge in [0.25, 0.3) is 11.8 Å². The smallest absolute Gasteiger partial charge is 0.266 e. The second-order valence-corrected chi connectivity index (χ2v) is 6.71. The van der Waals surface area contributed by atoms with Gasteiger partial charge in [-0.15, -0.1) is 0 Å². The van der Waals surface area contributed by atoms with Gasteiger partial charge in [-0.3, -0.25) is 9.59 Å². The SMILES string of the molecule is NC(=O)c1cnc(C2CCN(C(=O)C3CCCCC3(F)F)CC2)[nH]1. The third kappa shape index (κ3) is 3.27. The lowest BCUT2D eigenvalue weighted by Crippen LogP contribution is -2.48. The molecule has 2 aliphatic rings. The van der Waals surface area contributed by atoms with Crippen LogP contribution in [0.3, 0.4) is 0 Å². The molecule has 24 heavy (non-hydrogen) atoms. The van der Waals surface area contributed by atoms with Gasteiger partial charge >= 0.3 is 0 Å². The van der Waals surface area contributed by atoms with E-state index in [2.05, 4.69) is 9.97 Å². The maximum Gasteiger partial charge on any atom is 0.266 e. The molecule has 6 nitrogen and oxygen atoms in total. The largest absolute Gasteiger partial charge is 0.364 e. The van der Waals surface area contributed by atoms with Crippen molar-refractivity contribution in [2.24, 2.45) is 11.7 Å². The van der Waals surface area contributed by atoms with Crippen molar-refractivity contribution >= 4 is 11.8 Å². The summed E-state index contributed by atoms with van der Waals surface area (Å²) in [5.74, 6) is -4.30. The fourth-order valence-electron chi connectivity index (χ4n) is 3.66. The van der Waals surface area contributed by atoms with Crippen LogP contribution in [0.1, 0.15) is 60.8 Å². The number of hydrogen-bond acceptors (Lipinski definition) is 3. The van der Waals surface area contributed by atoms with Gasteiger partial charge in [-0.25, -0.2) is 13.8 Å². The van der Waals surface area contributed by atoms with Crippen molar-refractivity contribution in [3.8, 4) is 0 Å². The third-order valence-corrected chi connectivity index (χ3v) is 5.12. The van der Waals surface area contributed by atoms with Crippen LogP contribution in [0.2, 0.25) is 0 Å². The maximum absolute atomic E-state index is 14.0. The summed E-state index contributed by atoms with van der Waals surface area (Å²) in [5.41, 5.74) is 5.45. The van der Waals surface area contributed by atoms with Gasteiger partial charge in [0.15, 0.2) is 0 Å². The highest BCUT2D eigenvalue weighted by Crippen LogP contribution is 2.40. The van der Waals surface area contributed by atoms with Crippen LogP contribution >= 0.6 is 0 Å². The van der Waals surface area contributed by atoms with Crippen LogP contribution in [-0.4, -0.2) is 45.7 Å². The number of nitrogens with two attached hydrogens (primary N) is 1. The molecule has 1 atom stereocenters. The van der Waals surface area contributed by atoms with Crippen molar-refractivity contribution in [3.05, 3.63) is 17.7 Å². The summed E-state index contributed by atoms with van der Waals surface area (Å²) >= 11 is 0. The minimum Gasteiger partial charge on any atom is -0.364 e. The number of H-pyrrole nitrogens is 1. The van der Waals surface area contributed by atoms with Crippen LogP contribution in [0, 0.1) is 5.92 Å². The molecule has 1 aromatic heterocycles. The van der Waals surface area contributed by atoms with Gasteiger partial charge in [-0.1, -0.05) is 6.42 Å². The zero-order valence-electron chi connectivity index (χ0n) is 13.4. The molecule has 2 heterocycles. The Morgan fingerprint density at radius 2 is 1.96 bits per heavy atom. The van der Waals surface area contributed by atoms with Gasteiger partial charge in [0.2, 0.25) is 5.91 Å². The Hall–Kier alpha value is -1.99. The fourth-order valence-corrected chi connectivity index (χ4v) is 3.66. The van der Waals surface area contributed by atoms with E-state index in [1.807, 2.05) is 0 Å². The highest BCUT2D eigenvalue weighted by molar-refractivity contribution is 5.90. The number of hydrogen-bond donors (Lipinski definition) is 2. The van der Waals surface area contributed by atoms with E-state index in [-0.39, 0.29) is 24.5 Å². The van der Waals surface area contributed by atoms with Gasteiger partial charge in [-0.05, 0) is 25.7 Å². The number of aromatic amines is 1. The van der Waals surface area contributed by atoms with Crippen molar-refractivity contribution in [1.29, 1.82) is 0 Å². The lowest BCUT2D eigenvalue weighted by Gasteiger charge is -2.37. The van der Waals surface area contributed by atoms with Crippen molar-refractivity contribution in [2.45, 2.75) is 50.4 Å². The lowest BCUT2D eigenvalue weighted by molar-refractivity contribution is -0.156. The summed E-state index contributed by atoms with van der Waals surface area (Å²) in [5, 5.41) is 0. The molecular formula is C16H22F2N4O2. The number of carbonyl (C=O) groups is 2. The molecule has 0 bridgehead atoms. The number of amides is 2. The highest BCUT2D eigenvalue weighted by atomic mass is 19.3. The molecule has 1 aliphatic heterocycles. The number of rotatable bonds is 3. The quantitative estimate of drug-likeness (QED) is 0.882. The molecule has 3 N–H and O–H groups in total. The average Bonchev–Trinajstić information content (AvgIpc) is 3.04. The maximum atomic E-state index is 14.0. The number of carbonyl (C=O) groups excluding carboxylic acids is 2. The Labute approximate surface area is 138 Å².